The van der Waals surface area contributed by atoms with Gasteiger partial charge < -0.3 is 9.47 Å². The molecule has 0 amide bonds. The third-order valence-electron chi connectivity index (χ3n) is 3.45. The molecular formula is C16H16N2O4S2. The number of aromatic nitrogens is 1. The van der Waals surface area contributed by atoms with Crippen molar-refractivity contribution >= 4 is 36.7 Å². The van der Waals surface area contributed by atoms with E-state index in [-0.39, 0.29) is 4.90 Å². The maximum atomic E-state index is 12.4. The lowest BCUT2D eigenvalue weighted by atomic mass is 10.2. The molecule has 0 atom stereocenters. The number of ether oxygens (including phenoxy) is 2. The first-order valence-corrected chi connectivity index (χ1v) is 9.35. The second-order valence-corrected chi connectivity index (χ2v) is 7.83. The van der Waals surface area contributed by atoms with Crippen LogP contribution in [0.2, 0.25) is 0 Å². The van der Waals surface area contributed by atoms with Gasteiger partial charge in [0.15, 0.2) is 16.6 Å². The zero-order chi connectivity index (χ0) is 17.3. The predicted molar refractivity (Wildman–Crippen MR) is 94.7 cm³/mol. The fraction of sp³-hybridized carbons (Fsp3) is 0.188. The van der Waals surface area contributed by atoms with E-state index in [1.54, 1.807) is 43.5 Å². The molecule has 0 aliphatic heterocycles. The van der Waals surface area contributed by atoms with E-state index < -0.39 is 10.0 Å². The molecule has 0 saturated carbocycles. The third kappa shape index (κ3) is 3.15. The van der Waals surface area contributed by atoms with Crippen LogP contribution >= 0.6 is 11.3 Å². The summed E-state index contributed by atoms with van der Waals surface area (Å²) in [5.74, 6) is 1.12. The normalized spacial score (nSPS) is 11.5. The Hall–Kier alpha value is -2.32. The minimum Gasteiger partial charge on any atom is -0.493 e. The molecule has 126 valence electrons. The SMILES string of the molecule is COc1cc2nc(NS(=O)(=O)c3ccc(C)cc3)sc2cc1OC. The zero-order valence-electron chi connectivity index (χ0n) is 13.4. The lowest BCUT2D eigenvalue weighted by molar-refractivity contribution is 0.356. The van der Waals surface area contributed by atoms with Crippen molar-refractivity contribution in [2.45, 2.75) is 11.8 Å². The first kappa shape index (κ1) is 16.5. The molecule has 1 aromatic heterocycles. The number of fused-ring (bicyclic) bond motifs is 1. The van der Waals surface area contributed by atoms with Gasteiger partial charge in [-0.2, -0.15) is 0 Å². The summed E-state index contributed by atoms with van der Waals surface area (Å²) in [6, 6.07) is 10.1. The summed E-state index contributed by atoms with van der Waals surface area (Å²) in [6.45, 7) is 1.90. The highest BCUT2D eigenvalue weighted by Gasteiger charge is 2.17. The monoisotopic (exact) mass is 364 g/mol. The van der Waals surface area contributed by atoms with Crippen LogP contribution in [0.3, 0.4) is 0 Å². The highest BCUT2D eigenvalue weighted by molar-refractivity contribution is 7.93. The third-order valence-corrected chi connectivity index (χ3v) is 5.86. The van der Waals surface area contributed by atoms with Gasteiger partial charge in [0.2, 0.25) is 0 Å². The van der Waals surface area contributed by atoms with Gasteiger partial charge in [-0.3, -0.25) is 4.72 Å². The molecule has 0 bridgehead atoms. The number of rotatable bonds is 5. The molecule has 0 spiro atoms. The molecular weight excluding hydrogens is 348 g/mol. The van der Waals surface area contributed by atoms with Crippen LogP contribution in [-0.4, -0.2) is 27.6 Å². The van der Waals surface area contributed by atoms with Crippen molar-refractivity contribution in [1.82, 2.24) is 4.98 Å². The van der Waals surface area contributed by atoms with E-state index in [4.69, 9.17) is 9.47 Å². The van der Waals surface area contributed by atoms with E-state index >= 15 is 0 Å². The van der Waals surface area contributed by atoms with Crippen LogP contribution < -0.4 is 14.2 Å². The van der Waals surface area contributed by atoms with Crippen molar-refractivity contribution in [3.8, 4) is 11.5 Å². The zero-order valence-corrected chi connectivity index (χ0v) is 15.0. The Morgan fingerprint density at radius 3 is 2.29 bits per heavy atom. The molecule has 6 nitrogen and oxygen atoms in total. The molecule has 1 N–H and O–H groups in total. The average molecular weight is 364 g/mol. The summed E-state index contributed by atoms with van der Waals surface area (Å²) in [5.41, 5.74) is 1.63. The molecule has 8 heteroatoms. The van der Waals surface area contributed by atoms with Gasteiger partial charge in [-0.15, -0.1) is 0 Å². The van der Waals surface area contributed by atoms with Crippen molar-refractivity contribution < 1.29 is 17.9 Å². The minimum atomic E-state index is -3.67. The quantitative estimate of drug-likeness (QED) is 0.750. The summed E-state index contributed by atoms with van der Waals surface area (Å²) in [6.07, 6.45) is 0. The van der Waals surface area contributed by atoms with Crippen molar-refractivity contribution in [3.63, 3.8) is 0 Å². The van der Waals surface area contributed by atoms with Gasteiger partial charge in [-0.25, -0.2) is 13.4 Å². The number of methoxy groups -OCH3 is 2. The predicted octanol–water partition coefficient (Wildman–Crippen LogP) is 3.42. The first-order valence-electron chi connectivity index (χ1n) is 7.05. The van der Waals surface area contributed by atoms with Crippen LogP contribution in [0.1, 0.15) is 5.56 Å². The van der Waals surface area contributed by atoms with E-state index in [1.807, 2.05) is 6.92 Å². The molecule has 1 heterocycles. The van der Waals surface area contributed by atoms with Crippen LogP contribution in [0, 0.1) is 6.92 Å². The van der Waals surface area contributed by atoms with Crippen molar-refractivity contribution in [3.05, 3.63) is 42.0 Å². The second-order valence-electron chi connectivity index (χ2n) is 5.11. The Kier molecular flexibility index (Phi) is 4.33. The van der Waals surface area contributed by atoms with Crippen LogP contribution in [0.25, 0.3) is 10.2 Å². The lowest BCUT2D eigenvalue weighted by Crippen LogP contribution is -2.12. The van der Waals surface area contributed by atoms with Crippen LogP contribution in [0.15, 0.2) is 41.3 Å². The topological polar surface area (TPSA) is 77.5 Å². The van der Waals surface area contributed by atoms with Gasteiger partial charge in [0.25, 0.3) is 10.0 Å². The summed E-state index contributed by atoms with van der Waals surface area (Å²) in [4.78, 5) is 4.51. The fourth-order valence-electron chi connectivity index (χ4n) is 2.19. The Morgan fingerprint density at radius 1 is 1.04 bits per heavy atom. The second kappa shape index (κ2) is 6.29. The van der Waals surface area contributed by atoms with Gasteiger partial charge >= 0.3 is 0 Å². The lowest BCUT2D eigenvalue weighted by Gasteiger charge is -2.05. The fourth-order valence-corrected chi connectivity index (χ4v) is 4.30. The summed E-state index contributed by atoms with van der Waals surface area (Å²) in [7, 11) is -0.588. The van der Waals surface area contributed by atoms with Gasteiger partial charge in [-0.1, -0.05) is 29.0 Å². The molecule has 0 fully saturated rings. The summed E-state index contributed by atoms with van der Waals surface area (Å²) < 4.78 is 38.7. The van der Waals surface area contributed by atoms with E-state index in [1.165, 1.54) is 18.4 Å². The molecule has 3 rings (SSSR count). The number of anilines is 1. The molecule has 0 aliphatic rings. The van der Waals surface area contributed by atoms with Gasteiger partial charge in [-0.05, 0) is 19.1 Å². The van der Waals surface area contributed by atoms with Crippen molar-refractivity contribution in [1.29, 1.82) is 0 Å². The number of hydrogen-bond donors (Lipinski definition) is 1. The molecule has 0 unspecified atom stereocenters. The highest BCUT2D eigenvalue weighted by Crippen LogP contribution is 2.36. The number of nitrogens with zero attached hydrogens (tertiary/aromatic N) is 1. The number of benzene rings is 2. The number of nitrogens with one attached hydrogen (secondary N) is 1. The van der Waals surface area contributed by atoms with Crippen molar-refractivity contribution in [2.24, 2.45) is 0 Å². The molecule has 0 radical (unpaired) electrons. The van der Waals surface area contributed by atoms with Gasteiger partial charge in [0.1, 0.15) is 0 Å². The number of hydrogen-bond acceptors (Lipinski definition) is 6. The van der Waals surface area contributed by atoms with E-state index in [9.17, 15) is 8.42 Å². The van der Waals surface area contributed by atoms with Crippen LogP contribution in [0.5, 0.6) is 11.5 Å². The van der Waals surface area contributed by atoms with Crippen LogP contribution in [0.4, 0.5) is 5.13 Å². The Labute approximate surface area is 144 Å². The minimum absolute atomic E-state index is 0.197. The molecule has 2 aromatic carbocycles. The number of thiazole rings is 1. The average Bonchev–Trinajstić information content (AvgIpc) is 2.94. The van der Waals surface area contributed by atoms with E-state index in [0.29, 0.717) is 22.1 Å². The smallest absolute Gasteiger partial charge is 0.263 e. The standard InChI is InChI=1S/C16H16N2O4S2/c1-10-4-6-11(7-5-10)24(19,20)18-16-17-12-8-13(21-2)14(22-3)9-15(12)23-16/h4-9H,1-3H3,(H,17,18). The maximum absolute atomic E-state index is 12.4. The first-order chi connectivity index (χ1) is 11.4. The Morgan fingerprint density at radius 2 is 1.67 bits per heavy atom. The maximum Gasteiger partial charge on any atom is 0.263 e. The Balaban J connectivity index is 1.96. The summed E-state index contributed by atoms with van der Waals surface area (Å²) >= 11 is 1.23. The molecule has 3 aromatic rings. The molecule has 0 saturated heterocycles. The summed E-state index contributed by atoms with van der Waals surface area (Å²) in [5, 5.41) is 0.292. The molecule has 0 aliphatic carbocycles. The highest BCUT2D eigenvalue weighted by atomic mass is 32.2. The van der Waals surface area contributed by atoms with Gasteiger partial charge in [0.05, 0.1) is 29.3 Å². The molecule has 24 heavy (non-hydrogen) atoms. The number of sulfonamides is 1. The number of aryl methyl sites for hydroxylation is 1. The van der Waals surface area contributed by atoms with Crippen molar-refractivity contribution in [2.75, 3.05) is 18.9 Å². The van der Waals surface area contributed by atoms with Gasteiger partial charge in [0, 0.05) is 12.1 Å². The largest absolute Gasteiger partial charge is 0.493 e. The Bertz CT molecular complexity index is 938. The van der Waals surface area contributed by atoms with Crippen LogP contribution in [-0.2, 0) is 10.0 Å². The van der Waals surface area contributed by atoms with E-state index in [0.717, 1.165) is 10.3 Å². The van der Waals surface area contributed by atoms with E-state index in [2.05, 4.69) is 9.71 Å².